The van der Waals surface area contributed by atoms with Crippen LogP contribution in [0.2, 0.25) is 0 Å². The summed E-state index contributed by atoms with van der Waals surface area (Å²) in [6.45, 7) is 4.01. The molecule has 2 saturated heterocycles. The fraction of sp³-hybridized carbons (Fsp3) is 0.444. The van der Waals surface area contributed by atoms with Crippen molar-refractivity contribution < 1.29 is 18.8 Å². The molecule has 0 atom stereocenters. The van der Waals surface area contributed by atoms with Crippen LogP contribution in [-0.4, -0.2) is 66.8 Å². The summed E-state index contributed by atoms with van der Waals surface area (Å²) < 4.78 is 14.1. The summed E-state index contributed by atoms with van der Waals surface area (Å²) in [5.41, 5.74) is 1.74. The van der Waals surface area contributed by atoms with Crippen LogP contribution < -0.4 is 10.2 Å². The van der Waals surface area contributed by atoms with Crippen molar-refractivity contribution in [2.45, 2.75) is 32.1 Å². The molecule has 2 aliphatic heterocycles. The van der Waals surface area contributed by atoms with Gasteiger partial charge in [0.05, 0.1) is 11.1 Å². The number of hydrogen-bond donors (Lipinski definition) is 1. The summed E-state index contributed by atoms with van der Waals surface area (Å²) in [5.74, 6) is -0.752. The van der Waals surface area contributed by atoms with Crippen molar-refractivity contribution in [3.63, 3.8) is 0 Å². The average Bonchev–Trinajstić information content (AvgIpc) is 3.74. The molecule has 184 valence electrons. The second-order valence-corrected chi connectivity index (χ2v) is 9.61. The number of amides is 3. The molecule has 0 radical (unpaired) electrons. The average molecular weight is 479 g/mol. The minimum atomic E-state index is -0.593. The molecule has 0 unspecified atom stereocenters. The van der Waals surface area contributed by atoms with E-state index in [-0.39, 0.29) is 23.3 Å². The number of halogens is 1. The largest absolute Gasteiger partial charge is 0.367 e. The van der Waals surface area contributed by atoms with Gasteiger partial charge in [0.25, 0.3) is 11.8 Å². The fourth-order valence-corrected chi connectivity index (χ4v) is 4.93. The van der Waals surface area contributed by atoms with Crippen LogP contribution in [0.25, 0.3) is 0 Å². The van der Waals surface area contributed by atoms with Gasteiger partial charge in [0.2, 0.25) is 5.91 Å². The number of likely N-dealkylation sites (tertiary alicyclic amines) is 1. The first-order valence-electron chi connectivity index (χ1n) is 12.5. The molecule has 8 heteroatoms. The number of nitrogens with zero attached hydrogens (tertiary/aromatic N) is 3. The van der Waals surface area contributed by atoms with Gasteiger partial charge in [-0.15, -0.1) is 0 Å². The van der Waals surface area contributed by atoms with E-state index in [1.807, 2.05) is 15.9 Å². The summed E-state index contributed by atoms with van der Waals surface area (Å²) in [7, 11) is 0. The highest BCUT2D eigenvalue weighted by molar-refractivity contribution is 6.06. The molecule has 2 heterocycles. The zero-order valence-corrected chi connectivity index (χ0v) is 19.8. The van der Waals surface area contributed by atoms with Crippen molar-refractivity contribution >= 4 is 29.1 Å². The van der Waals surface area contributed by atoms with Crippen molar-refractivity contribution in [2.24, 2.45) is 5.92 Å². The van der Waals surface area contributed by atoms with Gasteiger partial charge in [0, 0.05) is 56.6 Å². The lowest BCUT2D eigenvalue weighted by Crippen LogP contribution is -2.49. The first-order chi connectivity index (χ1) is 17.0. The van der Waals surface area contributed by atoms with Crippen LogP contribution in [0.1, 0.15) is 52.8 Å². The van der Waals surface area contributed by atoms with Crippen LogP contribution >= 0.6 is 0 Å². The van der Waals surface area contributed by atoms with E-state index < -0.39 is 11.7 Å². The van der Waals surface area contributed by atoms with Crippen LogP contribution in [0.15, 0.2) is 42.5 Å². The predicted molar refractivity (Wildman–Crippen MR) is 132 cm³/mol. The smallest absolute Gasteiger partial charge is 0.258 e. The zero-order valence-electron chi connectivity index (χ0n) is 19.8. The van der Waals surface area contributed by atoms with E-state index in [4.69, 9.17) is 0 Å². The predicted octanol–water partition coefficient (Wildman–Crippen LogP) is 3.76. The van der Waals surface area contributed by atoms with Gasteiger partial charge in [-0.1, -0.05) is 12.1 Å². The number of piperidine rings is 1. The summed E-state index contributed by atoms with van der Waals surface area (Å²) >= 11 is 0. The highest BCUT2D eigenvalue weighted by Crippen LogP contribution is 2.32. The van der Waals surface area contributed by atoms with Crippen molar-refractivity contribution in [2.75, 3.05) is 49.5 Å². The SMILES string of the molecule is O=C(Nc1ccc(N2CCN(C(=O)C3CC3)CC2)c(C(=O)N2CCCCC2)c1)c1ccccc1F. The monoisotopic (exact) mass is 478 g/mol. The van der Waals surface area contributed by atoms with E-state index in [0.29, 0.717) is 50.5 Å². The zero-order chi connectivity index (χ0) is 24.4. The Morgan fingerprint density at radius 2 is 1.51 bits per heavy atom. The first kappa shape index (κ1) is 23.3. The molecule has 2 aromatic rings. The molecule has 35 heavy (non-hydrogen) atoms. The molecule has 3 amide bonds. The Hall–Kier alpha value is -3.42. The second kappa shape index (κ2) is 10.1. The van der Waals surface area contributed by atoms with Gasteiger partial charge in [-0.25, -0.2) is 4.39 Å². The Morgan fingerprint density at radius 1 is 0.800 bits per heavy atom. The number of carbonyl (C=O) groups is 3. The fourth-order valence-electron chi connectivity index (χ4n) is 4.93. The van der Waals surface area contributed by atoms with Crippen LogP contribution in [-0.2, 0) is 4.79 Å². The molecule has 0 aromatic heterocycles. The van der Waals surface area contributed by atoms with E-state index in [1.54, 1.807) is 18.2 Å². The van der Waals surface area contributed by atoms with Crippen molar-refractivity contribution in [3.8, 4) is 0 Å². The molecule has 1 aliphatic carbocycles. The summed E-state index contributed by atoms with van der Waals surface area (Å²) in [4.78, 5) is 44.6. The van der Waals surface area contributed by atoms with Gasteiger partial charge in [0.15, 0.2) is 0 Å². The van der Waals surface area contributed by atoms with E-state index in [2.05, 4.69) is 10.2 Å². The molecule has 3 aliphatic rings. The maximum absolute atomic E-state index is 14.1. The van der Waals surface area contributed by atoms with E-state index in [0.717, 1.165) is 37.8 Å². The molecule has 5 rings (SSSR count). The standard InChI is InChI=1S/C27H31FN4O3/c28-23-7-3-2-6-21(23)25(33)29-20-10-11-24(22(18-20)27(35)31-12-4-1-5-13-31)30-14-16-32(17-15-30)26(34)19-8-9-19/h2-3,6-7,10-11,18-19H,1,4-5,8-9,12-17H2,(H,29,33). The molecule has 1 N–H and O–H groups in total. The summed E-state index contributed by atoms with van der Waals surface area (Å²) in [6.07, 6.45) is 5.06. The molecule has 0 spiro atoms. The number of benzene rings is 2. The summed E-state index contributed by atoms with van der Waals surface area (Å²) in [6, 6.07) is 11.1. The van der Waals surface area contributed by atoms with Gasteiger partial charge in [-0.3, -0.25) is 14.4 Å². The highest BCUT2D eigenvalue weighted by atomic mass is 19.1. The second-order valence-electron chi connectivity index (χ2n) is 9.61. The molecule has 0 bridgehead atoms. The minimum Gasteiger partial charge on any atom is -0.367 e. The number of nitrogens with one attached hydrogen (secondary N) is 1. The van der Waals surface area contributed by atoms with Crippen LogP contribution in [0, 0.1) is 11.7 Å². The maximum atomic E-state index is 14.1. The lowest BCUT2D eigenvalue weighted by molar-refractivity contribution is -0.132. The number of hydrogen-bond acceptors (Lipinski definition) is 4. The van der Waals surface area contributed by atoms with Crippen molar-refractivity contribution in [3.05, 3.63) is 59.4 Å². The van der Waals surface area contributed by atoms with Gasteiger partial charge in [0.1, 0.15) is 5.82 Å². The van der Waals surface area contributed by atoms with Crippen LogP contribution in [0.4, 0.5) is 15.8 Å². The number of carbonyl (C=O) groups excluding carboxylic acids is 3. The van der Waals surface area contributed by atoms with E-state index >= 15 is 0 Å². The highest BCUT2D eigenvalue weighted by Gasteiger charge is 2.35. The number of rotatable bonds is 5. The summed E-state index contributed by atoms with van der Waals surface area (Å²) in [5, 5.41) is 2.75. The molecule has 1 saturated carbocycles. The quantitative estimate of drug-likeness (QED) is 0.710. The van der Waals surface area contributed by atoms with Gasteiger partial charge < -0.3 is 20.0 Å². The Morgan fingerprint density at radius 3 is 2.20 bits per heavy atom. The Labute approximate surface area is 204 Å². The van der Waals surface area contributed by atoms with Gasteiger partial charge in [-0.05, 0) is 62.4 Å². The van der Waals surface area contributed by atoms with E-state index in [9.17, 15) is 18.8 Å². The Bertz CT molecular complexity index is 1120. The van der Waals surface area contributed by atoms with Gasteiger partial charge in [-0.2, -0.15) is 0 Å². The normalized spacial score (nSPS) is 18.4. The lowest BCUT2D eigenvalue weighted by atomic mass is 10.0. The molecular formula is C27H31FN4O3. The number of anilines is 2. The Balaban J connectivity index is 1.38. The van der Waals surface area contributed by atoms with E-state index in [1.165, 1.54) is 18.2 Å². The van der Waals surface area contributed by atoms with Crippen LogP contribution in [0.3, 0.4) is 0 Å². The first-order valence-corrected chi connectivity index (χ1v) is 12.5. The topological polar surface area (TPSA) is 73.0 Å². The van der Waals surface area contributed by atoms with Crippen molar-refractivity contribution in [1.29, 1.82) is 0 Å². The third-order valence-electron chi connectivity index (χ3n) is 7.11. The molecular weight excluding hydrogens is 447 g/mol. The molecule has 7 nitrogen and oxygen atoms in total. The lowest BCUT2D eigenvalue weighted by Gasteiger charge is -2.37. The Kier molecular flexibility index (Phi) is 6.70. The van der Waals surface area contributed by atoms with Crippen LogP contribution in [0.5, 0.6) is 0 Å². The number of piperazine rings is 1. The third kappa shape index (κ3) is 5.16. The third-order valence-corrected chi connectivity index (χ3v) is 7.11. The van der Waals surface area contributed by atoms with Crippen molar-refractivity contribution in [1.82, 2.24) is 9.80 Å². The van der Waals surface area contributed by atoms with Gasteiger partial charge >= 0.3 is 0 Å². The maximum Gasteiger partial charge on any atom is 0.258 e. The molecule has 3 fully saturated rings. The minimum absolute atomic E-state index is 0.0445. The molecule has 2 aromatic carbocycles.